The van der Waals surface area contributed by atoms with Gasteiger partial charge in [-0.1, -0.05) is 0 Å². The summed E-state index contributed by atoms with van der Waals surface area (Å²) in [5, 5.41) is 3.24. The Kier molecular flexibility index (Phi) is 2.03. The number of fused-ring (bicyclic) bond motifs is 1. The lowest BCUT2D eigenvalue weighted by Crippen LogP contribution is -2.36. The van der Waals surface area contributed by atoms with Crippen molar-refractivity contribution in [1.29, 1.82) is 0 Å². The summed E-state index contributed by atoms with van der Waals surface area (Å²) in [7, 11) is 2.84. The van der Waals surface area contributed by atoms with Gasteiger partial charge in [0.1, 0.15) is 5.52 Å². The molecule has 0 bridgehead atoms. The van der Waals surface area contributed by atoms with Crippen LogP contribution >= 0.6 is 0 Å². The van der Waals surface area contributed by atoms with Crippen molar-refractivity contribution in [2.45, 2.75) is 0 Å². The van der Waals surface area contributed by atoms with Gasteiger partial charge in [0.25, 0.3) is 5.56 Å². The van der Waals surface area contributed by atoms with Crippen LogP contribution in [0, 0.1) is 0 Å². The molecule has 16 heavy (non-hydrogen) atoms. The van der Waals surface area contributed by atoms with E-state index in [0.717, 1.165) is 4.57 Å². The number of aryl methyl sites for hydroxylation is 1. The summed E-state index contributed by atoms with van der Waals surface area (Å²) in [5.41, 5.74) is 7.53. The number of H-pyrrole nitrogens is 1. The van der Waals surface area contributed by atoms with E-state index in [9.17, 15) is 9.59 Å². The number of hydrogen-bond donors (Lipinski definition) is 1. The van der Waals surface area contributed by atoms with Gasteiger partial charge in [0.2, 0.25) is 0 Å². The van der Waals surface area contributed by atoms with Gasteiger partial charge in [-0.15, -0.1) is 0 Å². The van der Waals surface area contributed by atoms with Gasteiger partial charge in [-0.3, -0.25) is 13.9 Å². The lowest BCUT2D eigenvalue weighted by molar-refractivity contribution is 0.709. The Balaban J connectivity index is 3.03. The largest absolute Gasteiger partial charge is 0.332 e. The zero-order valence-corrected chi connectivity index (χ0v) is 8.50. The van der Waals surface area contributed by atoms with Gasteiger partial charge in [-0.2, -0.15) is 0 Å². The lowest BCUT2D eigenvalue weighted by Gasteiger charge is -2.00. The normalized spacial score (nSPS) is 10.4. The molecule has 0 aliphatic heterocycles. The van der Waals surface area contributed by atoms with Crippen molar-refractivity contribution in [3.05, 3.63) is 31.3 Å². The highest BCUT2D eigenvalue weighted by Gasteiger charge is 2.12. The van der Waals surface area contributed by atoms with Gasteiger partial charge in [0.15, 0.2) is 11.6 Å². The number of nitrogens with zero attached hydrogens (tertiary/aromatic N) is 6. The maximum atomic E-state index is 11.7. The van der Waals surface area contributed by atoms with Gasteiger partial charge in [0, 0.05) is 19.0 Å². The minimum Gasteiger partial charge on any atom is -0.331 e. The Hall–Kier alpha value is -2.54. The third-order valence-electron chi connectivity index (χ3n) is 2.22. The molecule has 0 radical (unpaired) electrons. The zero-order valence-electron chi connectivity index (χ0n) is 8.50. The molecule has 2 heterocycles. The van der Waals surface area contributed by atoms with Crippen molar-refractivity contribution in [3.63, 3.8) is 0 Å². The minimum absolute atomic E-state index is 0.0456. The fourth-order valence-electron chi connectivity index (χ4n) is 1.40. The molecule has 9 heteroatoms. The Morgan fingerprint density at radius 2 is 2.06 bits per heavy atom. The minimum atomic E-state index is -0.509. The summed E-state index contributed by atoms with van der Waals surface area (Å²) in [5.74, 6) is -0.0456. The van der Waals surface area contributed by atoms with E-state index >= 15 is 0 Å². The highest BCUT2D eigenvalue weighted by molar-refractivity contribution is 5.71. The summed E-state index contributed by atoms with van der Waals surface area (Å²) in [6.45, 7) is 0. The van der Waals surface area contributed by atoms with E-state index in [1.54, 1.807) is 0 Å². The summed E-state index contributed by atoms with van der Waals surface area (Å²) < 4.78 is 2.14. The van der Waals surface area contributed by atoms with Crippen LogP contribution in [0.5, 0.6) is 0 Å². The van der Waals surface area contributed by atoms with Crippen LogP contribution in [0.3, 0.4) is 0 Å². The highest BCUT2D eigenvalue weighted by atomic mass is 16.2. The van der Waals surface area contributed by atoms with E-state index in [1.165, 1.54) is 18.7 Å². The molecule has 2 aromatic heterocycles. The summed E-state index contributed by atoms with van der Waals surface area (Å²) in [4.78, 5) is 32.1. The monoisotopic (exact) mass is 221 g/mol. The van der Waals surface area contributed by atoms with E-state index in [4.69, 9.17) is 5.53 Å². The Bertz CT molecular complexity index is 727. The molecule has 2 rings (SSSR count). The van der Waals surface area contributed by atoms with Crippen molar-refractivity contribution in [1.82, 2.24) is 19.1 Å². The van der Waals surface area contributed by atoms with Crippen LogP contribution in [-0.4, -0.2) is 19.1 Å². The smallest absolute Gasteiger partial charge is 0.331 e. The quantitative estimate of drug-likeness (QED) is 0.411. The number of rotatable bonds is 1. The van der Waals surface area contributed by atoms with Crippen LogP contribution in [0.15, 0.2) is 14.7 Å². The molecule has 0 aliphatic rings. The maximum absolute atomic E-state index is 11.7. The highest BCUT2D eigenvalue weighted by Crippen LogP contribution is 2.10. The number of nitrogens with one attached hydrogen (secondary N) is 1. The number of azide groups is 1. The summed E-state index contributed by atoms with van der Waals surface area (Å²) in [6.07, 6.45) is 0. The Morgan fingerprint density at radius 1 is 1.38 bits per heavy atom. The Labute approximate surface area is 87.6 Å². The molecule has 0 fully saturated rings. The molecule has 2 aromatic rings. The molecule has 0 aliphatic carbocycles. The second kappa shape index (κ2) is 3.24. The van der Waals surface area contributed by atoms with Crippen LogP contribution in [0.25, 0.3) is 21.6 Å². The van der Waals surface area contributed by atoms with E-state index in [1.807, 2.05) is 0 Å². The average molecular weight is 221 g/mol. The van der Waals surface area contributed by atoms with E-state index in [0.29, 0.717) is 0 Å². The Morgan fingerprint density at radius 3 is 2.69 bits per heavy atom. The second-order valence-electron chi connectivity index (χ2n) is 3.15. The number of imidazole rings is 1. The van der Waals surface area contributed by atoms with Crippen LogP contribution in [0.1, 0.15) is 0 Å². The third kappa shape index (κ3) is 1.19. The molecule has 0 aromatic carbocycles. The van der Waals surface area contributed by atoms with E-state index in [2.05, 4.69) is 20.0 Å². The van der Waals surface area contributed by atoms with Crippen molar-refractivity contribution < 1.29 is 0 Å². The summed E-state index contributed by atoms with van der Waals surface area (Å²) >= 11 is 0. The van der Waals surface area contributed by atoms with E-state index < -0.39 is 11.2 Å². The van der Waals surface area contributed by atoms with Crippen molar-refractivity contribution in [2.24, 2.45) is 19.2 Å². The summed E-state index contributed by atoms with van der Waals surface area (Å²) in [6, 6.07) is 0. The standard InChI is InChI=1S/C7H7N7O2/c1-13-4-3(5(15)14(2)7(13)16)9-6(10-4)11-12-8/h1-2H3,(H,9,10). The topological polar surface area (TPSA) is 121 Å². The third-order valence-corrected chi connectivity index (χ3v) is 2.22. The zero-order chi connectivity index (χ0) is 11.9. The maximum Gasteiger partial charge on any atom is 0.332 e. The molecule has 0 saturated carbocycles. The number of hydrogen-bond acceptors (Lipinski definition) is 4. The first-order chi connectivity index (χ1) is 7.56. The van der Waals surface area contributed by atoms with Crippen LogP contribution in [-0.2, 0) is 14.1 Å². The molecule has 9 nitrogen and oxygen atoms in total. The second-order valence-corrected chi connectivity index (χ2v) is 3.15. The van der Waals surface area contributed by atoms with Crippen LogP contribution in [0.4, 0.5) is 5.95 Å². The lowest BCUT2D eigenvalue weighted by atomic mass is 10.5. The predicted octanol–water partition coefficient (Wildman–Crippen LogP) is -0.0979. The van der Waals surface area contributed by atoms with Gasteiger partial charge in [-0.05, 0) is 10.6 Å². The SMILES string of the molecule is Cn1c(=O)c2[nH]c(N=[N+]=[N-])nc2n(C)c1=O. The van der Waals surface area contributed by atoms with Crippen molar-refractivity contribution in [2.75, 3.05) is 0 Å². The first-order valence-corrected chi connectivity index (χ1v) is 4.27. The van der Waals surface area contributed by atoms with Gasteiger partial charge in [0.05, 0.1) is 0 Å². The van der Waals surface area contributed by atoms with Gasteiger partial charge in [-0.25, -0.2) is 9.78 Å². The number of aromatic nitrogens is 4. The van der Waals surface area contributed by atoms with Crippen molar-refractivity contribution in [3.8, 4) is 0 Å². The molecule has 0 spiro atoms. The molecule has 1 N–H and O–H groups in total. The molecular weight excluding hydrogens is 214 g/mol. The predicted molar refractivity (Wildman–Crippen MR) is 55.4 cm³/mol. The molecule has 0 atom stereocenters. The first kappa shape index (κ1) is 9.99. The fraction of sp³-hybridized carbons (Fsp3) is 0.286. The molecule has 0 unspecified atom stereocenters. The molecule has 0 amide bonds. The van der Waals surface area contributed by atoms with Gasteiger partial charge < -0.3 is 4.98 Å². The molecule has 82 valence electrons. The molecular formula is C7H7N7O2. The molecule has 0 saturated heterocycles. The van der Waals surface area contributed by atoms with Crippen LogP contribution < -0.4 is 11.2 Å². The number of aromatic amines is 1. The van der Waals surface area contributed by atoms with Gasteiger partial charge >= 0.3 is 5.69 Å². The first-order valence-electron chi connectivity index (χ1n) is 4.27. The fourth-order valence-corrected chi connectivity index (χ4v) is 1.40. The average Bonchev–Trinajstić information content (AvgIpc) is 2.68. The van der Waals surface area contributed by atoms with E-state index in [-0.39, 0.29) is 17.1 Å². The van der Waals surface area contributed by atoms with Crippen LogP contribution in [0.2, 0.25) is 0 Å². The van der Waals surface area contributed by atoms with Crippen molar-refractivity contribution >= 4 is 17.1 Å².